The number of hydrogen-bond acceptors (Lipinski definition) is 4. The number of benzene rings is 1. The number of ether oxygens (including phenoxy) is 2. The highest BCUT2D eigenvalue weighted by atomic mass is 19.1. The minimum atomic E-state index is -0.801. The van der Waals surface area contributed by atoms with Gasteiger partial charge in [0, 0.05) is 13.1 Å². The van der Waals surface area contributed by atoms with E-state index in [2.05, 4.69) is 0 Å². The van der Waals surface area contributed by atoms with Crippen LogP contribution in [0.15, 0.2) is 24.3 Å². The van der Waals surface area contributed by atoms with E-state index in [1.165, 1.54) is 12.1 Å². The summed E-state index contributed by atoms with van der Waals surface area (Å²) in [6.07, 6.45) is 4.30. The van der Waals surface area contributed by atoms with E-state index in [0.29, 0.717) is 39.1 Å². The van der Waals surface area contributed by atoms with Gasteiger partial charge < -0.3 is 14.4 Å². The van der Waals surface area contributed by atoms with Crippen molar-refractivity contribution in [3.63, 3.8) is 0 Å². The van der Waals surface area contributed by atoms with Crippen molar-refractivity contribution in [2.75, 3.05) is 32.9 Å². The van der Waals surface area contributed by atoms with E-state index in [1.54, 1.807) is 21.9 Å². The summed E-state index contributed by atoms with van der Waals surface area (Å²) in [5.74, 6) is -1.16. The third-order valence-electron chi connectivity index (χ3n) is 5.83. The number of carbonyl (C=O) groups excluding carboxylic acids is 2. The molecule has 7 heteroatoms. The SMILES string of the molecule is O=C([C@H]1COC2(CCCCC2)N1C(=O)c1ccccc1F)N1CCOCC1. The van der Waals surface area contributed by atoms with Crippen LogP contribution in [-0.4, -0.2) is 66.3 Å². The fourth-order valence-corrected chi connectivity index (χ4v) is 4.42. The molecule has 3 fully saturated rings. The standard InChI is InChI=1S/C20H25FN2O4/c21-16-7-3-2-6-15(16)18(24)23-17(19(25)22-10-12-26-13-11-22)14-27-20(23)8-4-1-5-9-20/h2-3,6-7,17H,1,4-5,8-14H2/t17-/m1/s1. The van der Waals surface area contributed by atoms with E-state index < -0.39 is 23.5 Å². The van der Waals surface area contributed by atoms with Crippen molar-refractivity contribution in [3.05, 3.63) is 35.6 Å². The highest BCUT2D eigenvalue weighted by Gasteiger charge is 2.54. The molecule has 1 aromatic rings. The van der Waals surface area contributed by atoms with E-state index in [1.807, 2.05) is 0 Å². The molecule has 0 aromatic heterocycles. The van der Waals surface area contributed by atoms with Gasteiger partial charge in [-0.1, -0.05) is 18.6 Å². The summed E-state index contributed by atoms with van der Waals surface area (Å²) in [7, 11) is 0. The fourth-order valence-electron chi connectivity index (χ4n) is 4.42. The quantitative estimate of drug-likeness (QED) is 0.794. The molecule has 146 valence electrons. The minimum Gasteiger partial charge on any atom is -0.378 e. The first-order chi connectivity index (χ1) is 13.1. The van der Waals surface area contributed by atoms with E-state index in [-0.39, 0.29) is 18.1 Å². The molecule has 0 bridgehead atoms. The minimum absolute atomic E-state index is 0.00674. The van der Waals surface area contributed by atoms with Gasteiger partial charge in [0.1, 0.15) is 17.6 Å². The molecule has 0 N–H and O–H groups in total. The largest absolute Gasteiger partial charge is 0.378 e. The van der Waals surface area contributed by atoms with Gasteiger partial charge in [-0.2, -0.15) is 0 Å². The average molecular weight is 376 g/mol. The van der Waals surface area contributed by atoms with Crippen molar-refractivity contribution in [2.24, 2.45) is 0 Å². The van der Waals surface area contributed by atoms with E-state index in [0.717, 1.165) is 19.3 Å². The number of rotatable bonds is 2. The summed E-state index contributed by atoms with van der Waals surface area (Å²) in [6, 6.07) is 5.23. The molecule has 27 heavy (non-hydrogen) atoms. The summed E-state index contributed by atoms with van der Waals surface area (Å²) in [5.41, 5.74) is -0.808. The molecule has 4 rings (SSSR count). The lowest BCUT2D eigenvalue weighted by Crippen LogP contribution is -2.58. The summed E-state index contributed by atoms with van der Waals surface area (Å²) in [6.45, 7) is 2.15. The number of hydrogen-bond donors (Lipinski definition) is 0. The van der Waals surface area contributed by atoms with E-state index in [4.69, 9.17) is 9.47 Å². The maximum absolute atomic E-state index is 14.3. The number of carbonyl (C=O) groups is 2. The number of halogens is 1. The molecular weight excluding hydrogens is 351 g/mol. The molecular formula is C20H25FN2O4. The molecule has 2 amide bonds. The van der Waals surface area contributed by atoms with Gasteiger partial charge in [-0.15, -0.1) is 0 Å². The number of morpholine rings is 1. The monoisotopic (exact) mass is 376 g/mol. The Morgan fingerprint density at radius 1 is 1.07 bits per heavy atom. The van der Waals surface area contributed by atoms with Crippen molar-refractivity contribution in [1.29, 1.82) is 0 Å². The van der Waals surface area contributed by atoms with Crippen LogP contribution in [0.4, 0.5) is 4.39 Å². The predicted octanol–water partition coefficient (Wildman–Crippen LogP) is 2.19. The first kappa shape index (κ1) is 18.4. The Hall–Kier alpha value is -1.99. The zero-order valence-corrected chi connectivity index (χ0v) is 15.4. The van der Waals surface area contributed by atoms with Crippen molar-refractivity contribution in [3.8, 4) is 0 Å². The molecule has 2 aliphatic heterocycles. The Labute approximate surface area is 158 Å². The Morgan fingerprint density at radius 2 is 1.78 bits per heavy atom. The first-order valence-electron chi connectivity index (χ1n) is 9.71. The first-order valence-corrected chi connectivity index (χ1v) is 9.71. The zero-order valence-electron chi connectivity index (χ0n) is 15.4. The molecule has 6 nitrogen and oxygen atoms in total. The smallest absolute Gasteiger partial charge is 0.259 e. The second-order valence-electron chi connectivity index (χ2n) is 7.43. The number of nitrogens with zero attached hydrogens (tertiary/aromatic N) is 2. The Morgan fingerprint density at radius 3 is 2.48 bits per heavy atom. The van der Waals surface area contributed by atoms with Crippen molar-refractivity contribution >= 4 is 11.8 Å². The van der Waals surface area contributed by atoms with Crippen molar-refractivity contribution < 1.29 is 23.5 Å². The van der Waals surface area contributed by atoms with E-state index in [9.17, 15) is 14.0 Å². The molecule has 1 aromatic carbocycles. The lowest BCUT2D eigenvalue weighted by atomic mass is 9.89. The fraction of sp³-hybridized carbons (Fsp3) is 0.600. The van der Waals surface area contributed by atoms with Gasteiger partial charge in [-0.3, -0.25) is 14.5 Å². The second kappa shape index (κ2) is 7.56. The molecule has 2 heterocycles. The summed E-state index contributed by atoms with van der Waals surface area (Å²) in [4.78, 5) is 29.8. The third-order valence-corrected chi connectivity index (χ3v) is 5.83. The summed E-state index contributed by atoms with van der Waals surface area (Å²) in [5, 5.41) is 0. The summed E-state index contributed by atoms with van der Waals surface area (Å²) >= 11 is 0. The topological polar surface area (TPSA) is 59.1 Å². The van der Waals surface area contributed by atoms with Crippen molar-refractivity contribution in [1.82, 2.24) is 9.80 Å². The lowest BCUT2D eigenvalue weighted by molar-refractivity contribution is -0.141. The molecule has 0 radical (unpaired) electrons. The van der Waals surface area contributed by atoms with Crippen LogP contribution >= 0.6 is 0 Å². The third kappa shape index (κ3) is 3.34. The molecule has 2 saturated heterocycles. The van der Waals surface area contributed by atoms with Crippen LogP contribution in [0.1, 0.15) is 42.5 Å². The van der Waals surface area contributed by atoms with Crippen LogP contribution in [-0.2, 0) is 14.3 Å². The highest BCUT2D eigenvalue weighted by molar-refractivity contribution is 5.98. The molecule has 1 aliphatic carbocycles. The van der Waals surface area contributed by atoms with Gasteiger partial charge in [-0.25, -0.2) is 4.39 Å². The van der Waals surface area contributed by atoms with Crippen molar-refractivity contribution in [2.45, 2.75) is 43.9 Å². The van der Waals surface area contributed by atoms with Gasteiger partial charge in [0.25, 0.3) is 5.91 Å². The highest BCUT2D eigenvalue weighted by Crippen LogP contribution is 2.41. The van der Waals surface area contributed by atoms with Crippen LogP contribution in [0, 0.1) is 5.82 Å². The Bertz CT molecular complexity index is 714. The van der Waals surface area contributed by atoms with Crippen LogP contribution in [0.2, 0.25) is 0 Å². The lowest BCUT2D eigenvalue weighted by Gasteiger charge is -2.42. The van der Waals surface area contributed by atoms with Crippen LogP contribution < -0.4 is 0 Å². The van der Waals surface area contributed by atoms with E-state index >= 15 is 0 Å². The normalized spacial score (nSPS) is 25.0. The van der Waals surface area contributed by atoms with Gasteiger partial charge in [0.05, 0.1) is 25.4 Å². The summed E-state index contributed by atoms with van der Waals surface area (Å²) < 4.78 is 25.8. The molecule has 3 aliphatic rings. The predicted molar refractivity (Wildman–Crippen MR) is 95.5 cm³/mol. The maximum Gasteiger partial charge on any atom is 0.259 e. The van der Waals surface area contributed by atoms with Crippen LogP contribution in [0.25, 0.3) is 0 Å². The molecule has 1 saturated carbocycles. The molecule has 0 unspecified atom stereocenters. The van der Waals surface area contributed by atoms with Crippen LogP contribution in [0.3, 0.4) is 0 Å². The van der Waals surface area contributed by atoms with Gasteiger partial charge in [-0.05, 0) is 37.8 Å². The molecule has 1 atom stereocenters. The number of amides is 2. The zero-order chi connectivity index (χ0) is 18.9. The maximum atomic E-state index is 14.3. The molecule has 1 spiro atoms. The van der Waals surface area contributed by atoms with Crippen LogP contribution in [0.5, 0.6) is 0 Å². The van der Waals surface area contributed by atoms with Gasteiger partial charge in [0.15, 0.2) is 0 Å². The van der Waals surface area contributed by atoms with Gasteiger partial charge >= 0.3 is 0 Å². The second-order valence-corrected chi connectivity index (χ2v) is 7.43. The Balaban J connectivity index is 1.67. The Kier molecular flexibility index (Phi) is 5.14. The van der Waals surface area contributed by atoms with Gasteiger partial charge in [0.2, 0.25) is 5.91 Å². The average Bonchev–Trinajstić information content (AvgIpc) is 3.07.